The van der Waals surface area contributed by atoms with Crippen LogP contribution >= 0.6 is 0 Å². The molecule has 0 aliphatic carbocycles. The molecule has 3 N–H and O–H groups in total. The zero-order valence-electron chi connectivity index (χ0n) is 7.27. The van der Waals surface area contributed by atoms with E-state index in [-0.39, 0.29) is 5.03 Å². The fourth-order valence-electron chi connectivity index (χ4n) is 0.857. The van der Waals surface area contributed by atoms with Gasteiger partial charge in [-0.15, -0.1) is 0 Å². The number of nitrogens with zero attached hydrogens (tertiary/aromatic N) is 2. The van der Waals surface area contributed by atoms with Crippen LogP contribution < -0.4 is 5.73 Å². The highest BCUT2D eigenvalue weighted by atomic mass is 32.2. The third-order valence-corrected chi connectivity index (χ3v) is 3.39. The minimum atomic E-state index is -3.42. The van der Waals surface area contributed by atoms with Crippen LogP contribution in [0.3, 0.4) is 0 Å². The second-order valence-corrected chi connectivity index (χ2v) is 4.55. The zero-order valence-corrected chi connectivity index (χ0v) is 8.08. The van der Waals surface area contributed by atoms with Gasteiger partial charge in [-0.25, -0.2) is 8.42 Å². The van der Waals surface area contributed by atoms with Gasteiger partial charge in [0.25, 0.3) is 10.0 Å². The molecule has 0 radical (unpaired) electrons. The lowest BCUT2D eigenvalue weighted by Crippen LogP contribution is -2.31. The molecule has 0 aromatic carbocycles. The molecule has 0 spiro atoms. The molecule has 0 saturated heterocycles. The van der Waals surface area contributed by atoms with Gasteiger partial charge in [0.2, 0.25) is 0 Å². The van der Waals surface area contributed by atoms with Crippen LogP contribution in [0.1, 0.15) is 0 Å². The van der Waals surface area contributed by atoms with E-state index < -0.39 is 10.0 Å². The summed E-state index contributed by atoms with van der Waals surface area (Å²) in [5.74, 6) is 0. The van der Waals surface area contributed by atoms with Crippen LogP contribution in [0.5, 0.6) is 0 Å². The van der Waals surface area contributed by atoms with Crippen molar-refractivity contribution < 1.29 is 8.42 Å². The second kappa shape index (κ2) is 3.86. The van der Waals surface area contributed by atoms with Gasteiger partial charge >= 0.3 is 0 Å². The third-order valence-electron chi connectivity index (χ3n) is 1.61. The monoisotopic (exact) mass is 204 g/mol. The zero-order chi connectivity index (χ0) is 9.90. The molecule has 6 nitrogen and oxygen atoms in total. The van der Waals surface area contributed by atoms with E-state index in [4.69, 9.17) is 5.73 Å². The molecule has 7 heteroatoms. The summed E-state index contributed by atoms with van der Waals surface area (Å²) >= 11 is 0. The van der Waals surface area contributed by atoms with Crippen LogP contribution in [0.25, 0.3) is 0 Å². The van der Waals surface area contributed by atoms with E-state index in [0.717, 1.165) is 0 Å². The van der Waals surface area contributed by atoms with Crippen LogP contribution in [0.4, 0.5) is 0 Å². The fourth-order valence-corrected chi connectivity index (χ4v) is 1.94. The standard InChI is InChI=1S/C6H12N4O2S/c1-10(5-3-7)13(11,12)6-2-4-8-9-6/h2,4H,3,5,7H2,1H3,(H,8,9). The molecule has 1 rings (SSSR count). The largest absolute Gasteiger partial charge is 0.329 e. The quantitative estimate of drug-likeness (QED) is 0.657. The maximum absolute atomic E-state index is 11.6. The van der Waals surface area contributed by atoms with E-state index in [1.807, 2.05) is 0 Å². The highest BCUT2D eigenvalue weighted by Gasteiger charge is 2.20. The first-order valence-electron chi connectivity index (χ1n) is 3.75. The Labute approximate surface area is 76.8 Å². The summed E-state index contributed by atoms with van der Waals surface area (Å²) in [6.07, 6.45) is 1.39. The van der Waals surface area contributed by atoms with Gasteiger partial charge in [-0.1, -0.05) is 0 Å². The molecule has 1 heterocycles. The normalized spacial score (nSPS) is 12.2. The van der Waals surface area contributed by atoms with Crippen molar-refractivity contribution in [3.05, 3.63) is 12.3 Å². The van der Waals surface area contributed by atoms with Crippen LogP contribution in [0.15, 0.2) is 17.3 Å². The molecule has 0 aliphatic rings. The molecule has 0 fully saturated rings. The number of likely N-dealkylation sites (N-methyl/N-ethyl adjacent to an activating group) is 1. The number of nitrogens with one attached hydrogen (secondary N) is 1. The highest BCUT2D eigenvalue weighted by molar-refractivity contribution is 7.89. The molecule has 0 aliphatic heterocycles. The van der Waals surface area contributed by atoms with Gasteiger partial charge in [0.15, 0.2) is 5.03 Å². The van der Waals surface area contributed by atoms with Crippen molar-refractivity contribution in [2.45, 2.75) is 5.03 Å². The molecule has 0 amide bonds. The van der Waals surface area contributed by atoms with Crippen LogP contribution in [0, 0.1) is 0 Å². The second-order valence-electron chi connectivity index (χ2n) is 2.54. The first-order chi connectivity index (χ1) is 6.09. The lowest BCUT2D eigenvalue weighted by molar-refractivity contribution is 0.473. The minimum absolute atomic E-state index is 0.0865. The van der Waals surface area contributed by atoms with Crippen molar-refractivity contribution in [1.82, 2.24) is 14.5 Å². The van der Waals surface area contributed by atoms with Gasteiger partial charge in [0.1, 0.15) is 0 Å². The molecular weight excluding hydrogens is 192 g/mol. The van der Waals surface area contributed by atoms with Crippen molar-refractivity contribution in [3.8, 4) is 0 Å². The maximum Gasteiger partial charge on any atom is 0.259 e. The predicted molar refractivity (Wildman–Crippen MR) is 47.5 cm³/mol. The number of aromatic amines is 1. The smallest absolute Gasteiger partial charge is 0.259 e. The molecule has 74 valence electrons. The third kappa shape index (κ3) is 2.06. The predicted octanol–water partition coefficient (Wildman–Crippen LogP) is -1.01. The molecule has 13 heavy (non-hydrogen) atoms. The van der Waals surface area contributed by atoms with Crippen molar-refractivity contribution >= 4 is 10.0 Å². The first-order valence-corrected chi connectivity index (χ1v) is 5.19. The van der Waals surface area contributed by atoms with Gasteiger partial charge < -0.3 is 5.73 Å². The Morgan fingerprint density at radius 1 is 1.69 bits per heavy atom. The summed E-state index contributed by atoms with van der Waals surface area (Å²) < 4.78 is 24.3. The van der Waals surface area contributed by atoms with Gasteiger partial charge in [0, 0.05) is 20.1 Å². The number of sulfonamides is 1. The molecule has 0 saturated carbocycles. The molecular formula is C6H12N4O2S. The van der Waals surface area contributed by atoms with Gasteiger partial charge in [-0.05, 0) is 6.07 Å². The lowest BCUT2D eigenvalue weighted by atomic mass is 10.7. The Bertz CT molecular complexity index is 345. The number of aromatic nitrogens is 2. The number of rotatable bonds is 4. The summed E-state index contributed by atoms with van der Waals surface area (Å²) in [6, 6.07) is 1.41. The summed E-state index contributed by atoms with van der Waals surface area (Å²) in [5, 5.41) is 6.05. The Morgan fingerprint density at radius 3 is 2.85 bits per heavy atom. The van der Waals surface area contributed by atoms with E-state index >= 15 is 0 Å². The van der Waals surface area contributed by atoms with E-state index in [1.165, 1.54) is 23.6 Å². The van der Waals surface area contributed by atoms with Gasteiger partial charge in [-0.3, -0.25) is 5.10 Å². The maximum atomic E-state index is 11.6. The summed E-state index contributed by atoms with van der Waals surface area (Å²) in [7, 11) is -1.95. The molecule has 0 unspecified atom stereocenters. The average Bonchev–Trinajstić information content (AvgIpc) is 2.56. The molecule has 1 aromatic rings. The van der Waals surface area contributed by atoms with Crippen molar-refractivity contribution in [3.63, 3.8) is 0 Å². The van der Waals surface area contributed by atoms with E-state index in [0.29, 0.717) is 13.1 Å². The summed E-state index contributed by atoms with van der Waals surface area (Å²) in [6.45, 7) is 0.589. The van der Waals surface area contributed by atoms with Crippen LogP contribution in [-0.2, 0) is 10.0 Å². The molecule has 0 atom stereocenters. The van der Waals surface area contributed by atoms with Crippen molar-refractivity contribution in [1.29, 1.82) is 0 Å². The Balaban J connectivity index is 2.90. The number of hydrogen-bond acceptors (Lipinski definition) is 4. The van der Waals surface area contributed by atoms with Crippen molar-refractivity contribution in [2.75, 3.05) is 20.1 Å². The Hall–Kier alpha value is -0.920. The van der Waals surface area contributed by atoms with Crippen LogP contribution in [-0.4, -0.2) is 43.1 Å². The Kier molecular flexibility index (Phi) is 3.02. The number of hydrogen-bond donors (Lipinski definition) is 2. The average molecular weight is 204 g/mol. The van der Waals surface area contributed by atoms with E-state index in [2.05, 4.69) is 10.2 Å². The van der Waals surface area contributed by atoms with Gasteiger partial charge in [0.05, 0.1) is 6.20 Å². The first kappa shape index (κ1) is 10.2. The molecule has 1 aromatic heterocycles. The number of H-pyrrole nitrogens is 1. The topological polar surface area (TPSA) is 92.1 Å². The lowest BCUT2D eigenvalue weighted by Gasteiger charge is -2.13. The van der Waals surface area contributed by atoms with E-state index in [1.54, 1.807) is 0 Å². The SMILES string of the molecule is CN(CCN)S(=O)(=O)c1ccn[nH]1. The van der Waals surface area contributed by atoms with Crippen LogP contribution in [0.2, 0.25) is 0 Å². The summed E-state index contributed by atoms with van der Waals surface area (Å²) in [4.78, 5) is 0. The highest BCUT2D eigenvalue weighted by Crippen LogP contribution is 2.08. The molecule has 0 bridgehead atoms. The van der Waals surface area contributed by atoms with E-state index in [9.17, 15) is 8.42 Å². The summed E-state index contributed by atoms with van der Waals surface area (Å²) in [5.41, 5.74) is 5.25. The Morgan fingerprint density at radius 2 is 2.38 bits per heavy atom. The van der Waals surface area contributed by atoms with Crippen molar-refractivity contribution in [2.24, 2.45) is 5.73 Å². The fraction of sp³-hybridized carbons (Fsp3) is 0.500. The number of nitrogens with two attached hydrogens (primary N) is 1. The van der Waals surface area contributed by atoms with Gasteiger partial charge in [-0.2, -0.15) is 9.40 Å². The minimum Gasteiger partial charge on any atom is -0.329 e.